The van der Waals surface area contributed by atoms with E-state index in [-0.39, 0.29) is 11.9 Å². The summed E-state index contributed by atoms with van der Waals surface area (Å²) in [4.78, 5) is 11.9. The first-order valence-electron chi connectivity index (χ1n) is 6.57. The molecule has 0 aliphatic rings. The maximum atomic E-state index is 11.9. The number of nitriles is 1. The normalized spacial score (nSPS) is 12.6. The first-order chi connectivity index (χ1) is 8.85. The van der Waals surface area contributed by atoms with Gasteiger partial charge < -0.3 is 4.74 Å². The molecule has 0 aliphatic heterocycles. The number of nitrogens with zero attached hydrogens (tertiary/aromatic N) is 1. The van der Waals surface area contributed by atoms with Crippen LogP contribution in [-0.4, -0.2) is 11.6 Å². The van der Waals surface area contributed by atoms with E-state index in [9.17, 15) is 4.79 Å². The van der Waals surface area contributed by atoms with E-state index in [1.165, 1.54) is 0 Å². The van der Waals surface area contributed by atoms with Gasteiger partial charge in [0.05, 0.1) is 18.1 Å². The summed E-state index contributed by atoms with van der Waals surface area (Å²) in [6.07, 6.45) is 1.19. The maximum absolute atomic E-state index is 11.9. The van der Waals surface area contributed by atoms with Crippen molar-refractivity contribution in [3.63, 3.8) is 0 Å². The minimum absolute atomic E-state index is 0.100. The second kappa shape index (κ2) is 6.38. The summed E-state index contributed by atoms with van der Waals surface area (Å²) in [7, 11) is 0. The summed E-state index contributed by atoms with van der Waals surface area (Å²) in [6.45, 7) is 7.63. The molecule has 0 heterocycles. The van der Waals surface area contributed by atoms with Crippen molar-refractivity contribution < 1.29 is 9.53 Å². The average Bonchev–Trinajstić information content (AvgIpc) is 2.34. The summed E-state index contributed by atoms with van der Waals surface area (Å²) in [5.41, 5.74) is 1.19. The third kappa shape index (κ3) is 5.13. The molecule has 0 N–H and O–H groups in total. The van der Waals surface area contributed by atoms with Gasteiger partial charge in [0.1, 0.15) is 5.60 Å². The third-order valence-electron chi connectivity index (χ3n) is 2.81. The maximum Gasteiger partial charge on any atom is 0.306 e. The molecular weight excluding hydrogens is 238 g/mol. The Morgan fingerprint density at radius 2 is 2.11 bits per heavy atom. The molecule has 1 aromatic carbocycles. The fourth-order valence-corrected chi connectivity index (χ4v) is 1.94. The zero-order chi connectivity index (χ0) is 14.5. The minimum Gasteiger partial charge on any atom is -0.460 e. The van der Waals surface area contributed by atoms with E-state index in [1.807, 2.05) is 45.9 Å². The van der Waals surface area contributed by atoms with Crippen molar-refractivity contribution in [3.05, 3.63) is 35.4 Å². The molecule has 0 unspecified atom stereocenters. The van der Waals surface area contributed by atoms with Crippen LogP contribution in [0, 0.1) is 11.3 Å². The third-order valence-corrected chi connectivity index (χ3v) is 2.81. The van der Waals surface area contributed by atoms with Gasteiger partial charge in [-0.1, -0.05) is 19.1 Å². The first-order valence-corrected chi connectivity index (χ1v) is 6.57. The summed E-state index contributed by atoms with van der Waals surface area (Å²) < 4.78 is 5.34. The number of benzene rings is 1. The SMILES string of the molecule is CC[C@@H](CC(=O)OC(C)(C)C)c1cccc(C#N)c1. The largest absolute Gasteiger partial charge is 0.460 e. The van der Waals surface area contributed by atoms with Crippen molar-refractivity contribution >= 4 is 5.97 Å². The Kier molecular flexibility index (Phi) is 5.11. The molecule has 1 atom stereocenters. The van der Waals surface area contributed by atoms with Gasteiger partial charge >= 0.3 is 5.97 Å². The number of carbonyl (C=O) groups excluding carboxylic acids is 1. The van der Waals surface area contributed by atoms with Crippen molar-refractivity contribution in [1.29, 1.82) is 5.26 Å². The molecule has 0 aromatic heterocycles. The molecule has 19 heavy (non-hydrogen) atoms. The Morgan fingerprint density at radius 3 is 2.63 bits per heavy atom. The molecule has 1 aromatic rings. The number of hydrogen-bond donors (Lipinski definition) is 0. The van der Waals surface area contributed by atoms with E-state index < -0.39 is 5.60 Å². The van der Waals surface area contributed by atoms with Gasteiger partial charge in [0.15, 0.2) is 0 Å². The molecule has 0 radical (unpaired) electrons. The highest BCUT2D eigenvalue weighted by molar-refractivity contribution is 5.71. The van der Waals surface area contributed by atoms with Gasteiger partial charge in [0, 0.05) is 0 Å². The monoisotopic (exact) mass is 259 g/mol. The van der Waals surface area contributed by atoms with Crippen molar-refractivity contribution in [2.75, 3.05) is 0 Å². The molecule has 3 heteroatoms. The van der Waals surface area contributed by atoms with E-state index in [2.05, 4.69) is 6.07 Å². The molecule has 0 fully saturated rings. The smallest absolute Gasteiger partial charge is 0.306 e. The number of carbonyl (C=O) groups is 1. The van der Waals surface area contributed by atoms with Crippen LogP contribution >= 0.6 is 0 Å². The fraction of sp³-hybridized carbons (Fsp3) is 0.500. The molecule has 0 spiro atoms. The van der Waals surface area contributed by atoms with Gasteiger partial charge in [-0.05, 0) is 50.8 Å². The van der Waals surface area contributed by atoms with Crippen molar-refractivity contribution in [1.82, 2.24) is 0 Å². The van der Waals surface area contributed by atoms with Crippen LogP contribution in [0.15, 0.2) is 24.3 Å². The van der Waals surface area contributed by atoms with E-state index >= 15 is 0 Å². The Morgan fingerprint density at radius 1 is 1.42 bits per heavy atom. The van der Waals surface area contributed by atoms with Gasteiger partial charge in [-0.25, -0.2) is 0 Å². The van der Waals surface area contributed by atoms with Crippen LogP contribution in [-0.2, 0) is 9.53 Å². The zero-order valence-corrected chi connectivity index (χ0v) is 12.1. The molecule has 3 nitrogen and oxygen atoms in total. The van der Waals surface area contributed by atoms with Crippen molar-refractivity contribution in [3.8, 4) is 6.07 Å². The Balaban J connectivity index is 2.78. The summed E-state index contributed by atoms with van der Waals surface area (Å²) in [6, 6.07) is 9.55. The molecule has 0 saturated carbocycles. The standard InChI is InChI=1S/C16H21NO2/c1-5-13(10-15(18)19-16(2,3)4)14-8-6-7-12(9-14)11-17/h6-9,13H,5,10H2,1-4H3/t13-/m0/s1. The van der Waals surface area contributed by atoms with Gasteiger partial charge in [0.2, 0.25) is 0 Å². The summed E-state index contributed by atoms with van der Waals surface area (Å²) in [5, 5.41) is 8.91. The summed E-state index contributed by atoms with van der Waals surface area (Å²) in [5.74, 6) is -0.0927. The quantitative estimate of drug-likeness (QED) is 0.773. The highest BCUT2D eigenvalue weighted by Gasteiger charge is 2.20. The van der Waals surface area contributed by atoms with Gasteiger partial charge in [0.25, 0.3) is 0 Å². The Labute approximate surface area is 115 Å². The van der Waals surface area contributed by atoms with Crippen LogP contribution in [0.3, 0.4) is 0 Å². The van der Waals surface area contributed by atoms with Crippen molar-refractivity contribution in [2.45, 2.75) is 52.1 Å². The lowest BCUT2D eigenvalue weighted by Crippen LogP contribution is -2.24. The van der Waals surface area contributed by atoms with Gasteiger partial charge in [-0.3, -0.25) is 4.79 Å². The second-order valence-electron chi connectivity index (χ2n) is 5.63. The lowest BCUT2D eigenvalue weighted by atomic mass is 9.92. The Hall–Kier alpha value is -1.82. The van der Waals surface area contributed by atoms with Crippen molar-refractivity contribution in [2.24, 2.45) is 0 Å². The van der Waals surface area contributed by atoms with E-state index in [1.54, 1.807) is 6.07 Å². The molecular formula is C16H21NO2. The number of esters is 1. The highest BCUT2D eigenvalue weighted by atomic mass is 16.6. The highest BCUT2D eigenvalue weighted by Crippen LogP contribution is 2.25. The van der Waals surface area contributed by atoms with Crippen LogP contribution in [0.1, 0.15) is 57.6 Å². The molecule has 0 bridgehead atoms. The predicted octanol–water partition coefficient (Wildman–Crippen LogP) is 3.78. The average molecular weight is 259 g/mol. The van der Waals surface area contributed by atoms with E-state index in [0.717, 1.165) is 12.0 Å². The predicted molar refractivity (Wildman–Crippen MR) is 74.7 cm³/mol. The second-order valence-corrected chi connectivity index (χ2v) is 5.63. The first kappa shape index (κ1) is 15.2. The topological polar surface area (TPSA) is 50.1 Å². The lowest BCUT2D eigenvalue weighted by molar-refractivity contribution is -0.155. The number of rotatable bonds is 4. The van der Waals surface area contributed by atoms with Crippen LogP contribution in [0.4, 0.5) is 0 Å². The van der Waals surface area contributed by atoms with Crippen LogP contribution in [0.2, 0.25) is 0 Å². The Bertz CT molecular complexity index is 480. The van der Waals surface area contributed by atoms with E-state index in [0.29, 0.717) is 12.0 Å². The molecule has 102 valence electrons. The lowest BCUT2D eigenvalue weighted by Gasteiger charge is -2.22. The van der Waals surface area contributed by atoms with Gasteiger partial charge in [-0.15, -0.1) is 0 Å². The van der Waals surface area contributed by atoms with Crippen LogP contribution in [0.5, 0.6) is 0 Å². The zero-order valence-electron chi connectivity index (χ0n) is 12.1. The molecule has 0 amide bonds. The number of hydrogen-bond acceptors (Lipinski definition) is 3. The summed E-state index contributed by atoms with van der Waals surface area (Å²) >= 11 is 0. The molecule has 0 saturated heterocycles. The van der Waals surface area contributed by atoms with Crippen LogP contribution < -0.4 is 0 Å². The van der Waals surface area contributed by atoms with Gasteiger partial charge in [-0.2, -0.15) is 5.26 Å². The van der Waals surface area contributed by atoms with E-state index in [4.69, 9.17) is 10.00 Å². The minimum atomic E-state index is -0.454. The number of ether oxygens (including phenoxy) is 1. The van der Waals surface area contributed by atoms with Crippen LogP contribution in [0.25, 0.3) is 0 Å². The fourth-order valence-electron chi connectivity index (χ4n) is 1.94. The molecule has 0 aliphatic carbocycles. The molecule has 1 rings (SSSR count).